The van der Waals surface area contributed by atoms with Gasteiger partial charge >= 0.3 is 0 Å². The van der Waals surface area contributed by atoms with Gasteiger partial charge in [0.05, 0.1) is 18.6 Å². The molecule has 3 aliphatic heterocycles. The Morgan fingerprint density at radius 1 is 1.10 bits per heavy atom. The first kappa shape index (κ1) is 18.5. The van der Waals surface area contributed by atoms with Gasteiger partial charge in [0.2, 0.25) is 0 Å². The normalized spacial score (nSPS) is 29.6. The monoisotopic (exact) mass is 385 g/mol. The van der Waals surface area contributed by atoms with E-state index < -0.39 is 6.10 Å². The second-order valence-electron chi connectivity index (χ2n) is 8.88. The zero-order valence-electron chi connectivity index (χ0n) is 16.8. The average Bonchev–Trinajstić information content (AvgIpc) is 2.78. The van der Waals surface area contributed by atoms with Crippen molar-refractivity contribution in [1.82, 2.24) is 4.98 Å². The summed E-state index contributed by atoms with van der Waals surface area (Å²) in [5.74, 6) is 1.18. The van der Waals surface area contributed by atoms with Crippen molar-refractivity contribution >= 4 is 10.9 Å². The molecule has 6 rings (SSSR count). The zero-order chi connectivity index (χ0) is 19.8. The summed E-state index contributed by atoms with van der Waals surface area (Å²) < 4.78 is 0.953. The van der Waals surface area contributed by atoms with Gasteiger partial charge in [-0.25, -0.2) is 0 Å². The van der Waals surface area contributed by atoms with Crippen LogP contribution in [0, 0.1) is 11.8 Å². The molecular formula is C26H29N2O+. The van der Waals surface area contributed by atoms with Crippen LogP contribution in [0.25, 0.3) is 10.9 Å². The number of aromatic nitrogens is 1. The largest absolute Gasteiger partial charge is 0.382 e. The van der Waals surface area contributed by atoms with E-state index in [1.165, 1.54) is 12.0 Å². The second kappa shape index (κ2) is 7.40. The molecule has 148 valence electrons. The highest BCUT2D eigenvalue weighted by atomic mass is 16.3. The van der Waals surface area contributed by atoms with E-state index in [4.69, 9.17) is 0 Å². The molecule has 0 aliphatic carbocycles. The number of aliphatic hydroxyl groups is 1. The first-order chi connectivity index (χ1) is 14.2. The Morgan fingerprint density at radius 3 is 2.72 bits per heavy atom. The van der Waals surface area contributed by atoms with Crippen LogP contribution < -0.4 is 0 Å². The first-order valence-corrected chi connectivity index (χ1v) is 10.7. The molecule has 1 N–H and O–H groups in total. The molecule has 0 unspecified atom stereocenters. The third-order valence-corrected chi connectivity index (χ3v) is 7.38. The lowest BCUT2D eigenvalue weighted by atomic mass is 9.71. The predicted molar refractivity (Wildman–Crippen MR) is 117 cm³/mol. The minimum absolute atomic E-state index is 0.205. The van der Waals surface area contributed by atoms with Crippen molar-refractivity contribution in [3.63, 3.8) is 0 Å². The standard InChI is InChI=1S/C26H29N2O/c1-2-20-18-28(17-19-8-4-3-5-9-19)15-13-21(20)16-25(28)26(29)23-12-14-27-24-11-7-6-10-22(23)24/h2-12,14,20-21,25-26,29H,1,13,15-18H2/q+1/t20-,21-,25-,26+,28+/m0/s1. The van der Waals surface area contributed by atoms with Crippen molar-refractivity contribution in [2.45, 2.75) is 31.5 Å². The van der Waals surface area contributed by atoms with E-state index in [1.54, 1.807) is 0 Å². The highest BCUT2D eigenvalue weighted by Gasteiger charge is 2.53. The summed E-state index contributed by atoms with van der Waals surface area (Å²) in [6.07, 6.45) is 5.79. The fraction of sp³-hybridized carbons (Fsp3) is 0.346. The zero-order valence-corrected chi connectivity index (χ0v) is 16.8. The van der Waals surface area contributed by atoms with E-state index >= 15 is 0 Å². The average molecular weight is 386 g/mol. The number of piperidine rings is 3. The van der Waals surface area contributed by atoms with Gasteiger partial charge < -0.3 is 9.59 Å². The molecule has 3 aromatic rings. The van der Waals surface area contributed by atoms with Crippen molar-refractivity contribution in [3.8, 4) is 0 Å². The summed E-state index contributed by atoms with van der Waals surface area (Å²) in [7, 11) is 0. The minimum atomic E-state index is -0.486. The molecule has 2 aromatic carbocycles. The summed E-state index contributed by atoms with van der Waals surface area (Å²) in [5.41, 5.74) is 3.33. The maximum Gasteiger partial charge on any atom is 0.131 e. The highest BCUT2D eigenvalue weighted by molar-refractivity contribution is 5.82. The van der Waals surface area contributed by atoms with Crippen LogP contribution >= 0.6 is 0 Å². The van der Waals surface area contributed by atoms with Crippen molar-refractivity contribution in [2.24, 2.45) is 11.8 Å². The van der Waals surface area contributed by atoms with Gasteiger partial charge in [0.25, 0.3) is 0 Å². The van der Waals surface area contributed by atoms with Crippen LogP contribution in [0.2, 0.25) is 0 Å². The van der Waals surface area contributed by atoms with Gasteiger partial charge in [0.15, 0.2) is 0 Å². The first-order valence-electron chi connectivity index (χ1n) is 10.7. The maximum atomic E-state index is 11.7. The van der Waals surface area contributed by atoms with E-state index in [-0.39, 0.29) is 6.04 Å². The number of benzene rings is 2. The predicted octanol–water partition coefficient (Wildman–Crippen LogP) is 4.88. The number of quaternary nitrogens is 1. The summed E-state index contributed by atoms with van der Waals surface area (Å²) in [6, 6.07) is 21.2. The number of fused-ring (bicyclic) bond motifs is 4. The second-order valence-corrected chi connectivity index (χ2v) is 8.88. The smallest absolute Gasteiger partial charge is 0.131 e. The molecule has 0 spiro atoms. The lowest BCUT2D eigenvalue weighted by Crippen LogP contribution is -2.67. The lowest BCUT2D eigenvalue weighted by Gasteiger charge is -2.58. The Kier molecular flexibility index (Phi) is 4.73. The number of nitrogens with zero attached hydrogens (tertiary/aromatic N) is 2. The van der Waals surface area contributed by atoms with Gasteiger partial charge in [0, 0.05) is 35.9 Å². The molecule has 29 heavy (non-hydrogen) atoms. The van der Waals surface area contributed by atoms with Gasteiger partial charge in [-0.1, -0.05) is 54.6 Å². The van der Waals surface area contributed by atoms with Gasteiger partial charge in [0.1, 0.15) is 18.7 Å². The molecule has 3 nitrogen and oxygen atoms in total. The third-order valence-electron chi connectivity index (χ3n) is 7.38. The van der Waals surface area contributed by atoms with E-state index in [1.807, 2.05) is 30.5 Å². The number of hydrogen-bond donors (Lipinski definition) is 1. The summed E-state index contributed by atoms with van der Waals surface area (Å²) >= 11 is 0. The summed E-state index contributed by atoms with van der Waals surface area (Å²) in [4.78, 5) is 4.50. The summed E-state index contributed by atoms with van der Waals surface area (Å²) in [6.45, 7) is 7.32. The molecule has 0 amide bonds. The van der Waals surface area contributed by atoms with Crippen LogP contribution in [0.5, 0.6) is 0 Å². The van der Waals surface area contributed by atoms with Crippen molar-refractivity contribution < 1.29 is 9.59 Å². The summed E-state index contributed by atoms with van der Waals surface area (Å²) in [5, 5.41) is 12.8. The van der Waals surface area contributed by atoms with Gasteiger partial charge in [-0.15, -0.1) is 6.58 Å². The number of aliphatic hydroxyl groups excluding tert-OH is 1. The Bertz CT molecular complexity index is 1010. The van der Waals surface area contributed by atoms with Crippen LogP contribution in [0.1, 0.15) is 30.1 Å². The molecule has 0 saturated carbocycles. The Hall–Kier alpha value is -2.49. The molecule has 3 fully saturated rings. The SMILES string of the molecule is C=C[C@H]1C[N@+]2(Cc3ccccc3)CC[C@H]1C[C@H]2[C@H](O)c1ccnc2ccccc12. The molecular weight excluding hydrogens is 356 g/mol. The van der Waals surface area contributed by atoms with E-state index in [9.17, 15) is 5.11 Å². The Balaban J connectivity index is 1.56. The van der Waals surface area contributed by atoms with Crippen LogP contribution in [0.3, 0.4) is 0 Å². The highest BCUT2D eigenvalue weighted by Crippen LogP contribution is 2.47. The van der Waals surface area contributed by atoms with Gasteiger partial charge in [-0.05, 0) is 23.6 Å². The van der Waals surface area contributed by atoms with Gasteiger partial charge in [-0.3, -0.25) is 4.98 Å². The third kappa shape index (κ3) is 3.19. The van der Waals surface area contributed by atoms with E-state index in [0.717, 1.165) is 47.0 Å². The molecule has 3 aliphatic rings. The van der Waals surface area contributed by atoms with Crippen LogP contribution in [-0.2, 0) is 6.54 Å². The Morgan fingerprint density at radius 2 is 1.90 bits per heavy atom. The molecule has 2 bridgehead atoms. The molecule has 5 atom stereocenters. The maximum absolute atomic E-state index is 11.7. The lowest BCUT2D eigenvalue weighted by molar-refractivity contribution is -0.984. The number of pyridine rings is 1. The molecule has 3 saturated heterocycles. The fourth-order valence-electron chi connectivity index (χ4n) is 5.91. The topological polar surface area (TPSA) is 33.1 Å². The minimum Gasteiger partial charge on any atom is -0.382 e. The van der Waals surface area contributed by atoms with Crippen LogP contribution in [0.15, 0.2) is 79.5 Å². The Labute approximate surface area is 172 Å². The molecule has 3 heteroatoms. The number of para-hydroxylation sites is 1. The molecule has 1 aromatic heterocycles. The molecule has 4 heterocycles. The van der Waals surface area contributed by atoms with Crippen LogP contribution in [-0.4, -0.2) is 33.7 Å². The van der Waals surface area contributed by atoms with Crippen molar-refractivity contribution in [1.29, 1.82) is 0 Å². The molecule has 0 radical (unpaired) electrons. The quantitative estimate of drug-likeness (QED) is 0.502. The van der Waals surface area contributed by atoms with E-state index in [0.29, 0.717) is 11.8 Å². The van der Waals surface area contributed by atoms with Gasteiger partial charge in [-0.2, -0.15) is 0 Å². The van der Waals surface area contributed by atoms with Crippen LogP contribution in [0.4, 0.5) is 0 Å². The fourth-order valence-corrected chi connectivity index (χ4v) is 5.91. The number of rotatable bonds is 5. The number of hydrogen-bond acceptors (Lipinski definition) is 2. The van der Waals surface area contributed by atoms with Crippen molar-refractivity contribution in [2.75, 3.05) is 13.1 Å². The van der Waals surface area contributed by atoms with E-state index in [2.05, 4.69) is 54.0 Å². The van der Waals surface area contributed by atoms with Crippen molar-refractivity contribution in [3.05, 3.63) is 90.6 Å².